The summed E-state index contributed by atoms with van der Waals surface area (Å²) >= 11 is 0. The molecule has 0 aromatic carbocycles. The molecular formula is C9H17NO. The summed E-state index contributed by atoms with van der Waals surface area (Å²) in [6.07, 6.45) is 1.74. The van der Waals surface area contributed by atoms with E-state index in [-0.39, 0.29) is 0 Å². The van der Waals surface area contributed by atoms with E-state index in [9.17, 15) is 4.79 Å². The summed E-state index contributed by atoms with van der Waals surface area (Å²) in [6, 6.07) is 0.449. The second-order valence-electron chi connectivity index (χ2n) is 3.56. The van der Waals surface area contributed by atoms with Gasteiger partial charge in [0.25, 0.3) is 0 Å². The van der Waals surface area contributed by atoms with Crippen LogP contribution in [-0.2, 0) is 4.79 Å². The molecule has 0 aliphatic carbocycles. The number of hydrogen-bond acceptors (Lipinski definition) is 2. The number of likely N-dealkylation sites (tertiary alicyclic amines) is 1. The van der Waals surface area contributed by atoms with Gasteiger partial charge in [0.05, 0.1) is 0 Å². The van der Waals surface area contributed by atoms with E-state index in [2.05, 4.69) is 25.8 Å². The number of rotatable bonds is 1. The van der Waals surface area contributed by atoms with Crippen molar-refractivity contribution in [3.05, 3.63) is 0 Å². The van der Waals surface area contributed by atoms with Crippen molar-refractivity contribution < 1.29 is 4.79 Å². The van der Waals surface area contributed by atoms with Gasteiger partial charge in [0.15, 0.2) is 0 Å². The van der Waals surface area contributed by atoms with E-state index in [4.69, 9.17) is 0 Å². The first-order valence-electron chi connectivity index (χ1n) is 4.38. The highest BCUT2D eigenvalue weighted by Gasteiger charge is 2.27. The molecule has 1 aliphatic rings. The van der Waals surface area contributed by atoms with Gasteiger partial charge in [-0.1, -0.05) is 6.92 Å². The fraction of sp³-hybridized carbons (Fsp3) is 0.889. The quantitative estimate of drug-likeness (QED) is 0.569. The molecule has 0 saturated carbocycles. The van der Waals surface area contributed by atoms with Gasteiger partial charge in [-0.15, -0.1) is 0 Å². The third kappa shape index (κ3) is 1.80. The fourth-order valence-corrected chi connectivity index (χ4v) is 1.60. The van der Waals surface area contributed by atoms with Crippen molar-refractivity contribution in [1.29, 1.82) is 0 Å². The second-order valence-corrected chi connectivity index (χ2v) is 3.56. The molecule has 0 spiro atoms. The van der Waals surface area contributed by atoms with E-state index in [1.165, 1.54) is 0 Å². The minimum Gasteiger partial charge on any atom is -0.303 e. The van der Waals surface area contributed by atoms with E-state index < -0.39 is 0 Å². The SMILES string of the molecule is CC[C@H]1CN(C)[C@@H](C)CC1=O. The van der Waals surface area contributed by atoms with Gasteiger partial charge >= 0.3 is 0 Å². The van der Waals surface area contributed by atoms with Crippen LogP contribution in [0.5, 0.6) is 0 Å². The van der Waals surface area contributed by atoms with Crippen LogP contribution in [0.4, 0.5) is 0 Å². The van der Waals surface area contributed by atoms with Crippen LogP contribution >= 0.6 is 0 Å². The monoisotopic (exact) mass is 155 g/mol. The van der Waals surface area contributed by atoms with Crippen molar-refractivity contribution in [3.8, 4) is 0 Å². The topological polar surface area (TPSA) is 20.3 Å². The third-order valence-electron chi connectivity index (χ3n) is 2.71. The number of piperidine rings is 1. The van der Waals surface area contributed by atoms with Crippen molar-refractivity contribution in [2.24, 2.45) is 5.92 Å². The zero-order chi connectivity index (χ0) is 8.43. The average molecular weight is 155 g/mol. The molecule has 0 amide bonds. The molecule has 0 aromatic heterocycles. The maximum Gasteiger partial charge on any atom is 0.138 e. The van der Waals surface area contributed by atoms with E-state index >= 15 is 0 Å². The molecule has 1 fully saturated rings. The Morgan fingerprint density at radius 2 is 2.27 bits per heavy atom. The third-order valence-corrected chi connectivity index (χ3v) is 2.71. The van der Waals surface area contributed by atoms with Gasteiger partial charge in [0.1, 0.15) is 5.78 Å². The highest BCUT2D eigenvalue weighted by atomic mass is 16.1. The summed E-state index contributed by atoms with van der Waals surface area (Å²) in [7, 11) is 2.10. The predicted molar refractivity (Wildman–Crippen MR) is 45.5 cm³/mol. The Morgan fingerprint density at radius 1 is 1.64 bits per heavy atom. The lowest BCUT2D eigenvalue weighted by atomic mass is 9.91. The zero-order valence-electron chi connectivity index (χ0n) is 7.63. The van der Waals surface area contributed by atoms with Crippen molar-refractivity contribution in [1.82, 2.24) is 4.90 Å². The average Bonchev–Trinajstić information content (AvgIpc) is 1.97. The summed E-state index contributed by atoms with van der Waals surface area (Å²) in [6.45, 7) is 5.16. The largest absolute Gasteiger partial charge is 0.303 e. The standard InChI is InChI=1S/C9H17NO/c1-4-8-6-10(3)7(2)5-9(8)11/h7-8H,4-6H2,1-3H3/t7-,8-/m0/s1. The van der Waals surface area contributed by atoms with Crippen LogP contribution in [-0.4, -0.2) is 30.3 Å². The molecular weight excluding hydrogens is 138 g/mol. The molecule has 0 aromatic rings. The van der Waals surface area contributed by atoms with Crippen LogP contribution in [0.3, 0.4) is 0 Å². The lowest BCUT2D eigenvalue weighted by Crippen LogP contribution is -2.43. The predicted octanol–water partition coefficient (Wildman–Crippen LogP) is 1.31. The van der Waals surface area contributed by atoms with E-state index in [0.717, 1.165) is 19.4 Å². The second kappa shape index (κ2) is 3.35. The normalized spacial score (nSPS) is 34.3. The highest BCUT2D eigenvalue weighted by molar-refractivity contribution is 5.82. The summed E-state index contributed by atoms with van der Waals surface area (Å²) in [5.74, 6) is 0.759. The lowest BCUT2D eigenvalue weighted by molar-refractivity contribution is -0.127. The zero-order valence-corrected chi connectivity index (χ0v) is 7.63. The molecule has 0 radical (unpaired) electrons. The van der Waals surface area contributed by atoms with Gasteiger partial charge in [0, 0.05) is 24.9 Å². The van der Waals surface area contributed by atoms with Crippen LogP contribution in [0, 0.1) is 5.92 Å². The summed E-state index contributed by atoms with van der Waals surface area (Å²) in [4.78, 5) is 13.6. The molecule has 1 aliphatic heterocycles. The van der Waals surface area contributed by atoms with Crippen LogP contribution in [0.15, 0.2) is 0 Å². The molecule has 0 unspecified atom stereocenters. The smallest absolute Gasteiger partial charge is 0.138 e. The van der Waals surface area contributed by atoms with Gasteiger partial charge in [-0.2, -0.15) is 0 Å². The van der Waals surface area contributed by atoms with Crippen molar-refractivity contribution in [2.75, 3.05) is 13.6 Å². The first-order valence-corrected chi connectivity index (χ1v) is 4.38. The molecule has 2 atom stereocenters. The van der Waals surface area contributed by atoms with Crippen molar-refractivity contribution in [3.63, 3.8) is 0 Å². The minimum atomic E-state index is 0.302. The first kappa shape index (κ1) is 8.72. The maximum atomic E-state index is 11.4. The van der Waals surface area contributed by atoms with Crippen LogP contribution in [0.25, 0.3) is 0 Å². The van der Waals surface area contributed by atoms with Gasteiger partial charge in [0.2, 0.25) is 0 Å². The Hall–Kier alpha value is -0.370. The molecule has 64 valence electrons. The lowest BCUT2D eigenvalue weighted by Gasteiger charge is -2.33. The molecule has 0 bridgehead atoms. The molecule has 2 heteroatoms. The van der Waals surface area contributed by atoms with E-state index in [1.54, 1.807) is 0 Å². The highest BCUT2D eigenvalue weighted by Crippen LogP contribution is 2.18. The van der Waals surface area contributed by atoms with Gasteiger partial charge in [-0.25, -0.2) is 0 Å². The van der Waals surface area contributed by atoms with Crippen LogP contribution in [0.1, 0.15) is 26.7 Å². The molecule has 2 nitrogen and oxygen atoms in total. The first-order chi connectivity index (χ1) is 5.15. The number of carbonyl (C=O) groups is 1. The number of ketones is 1. The molecule has 1 rings (SSSR count). The summed E-state index contributed by atoms with van der Waals surface area (Å²) in [5, 5.41) is 0. The minimum absolute atomic E-state index is 0.302. The Labute approximate surface area is 68.6 Å². The number of hydrogen-bond donors (Lipinski definition) is 0. The Morgan fingerprint density at radius 3 is 2.82 bits per heavy atom. The van der Waals surface area contributed by atoms with Gasteiger partial charge in [-0.05, 0) is 20.4 Å². The Balaban J connectivity index is 2.55. The summed E-state index contributed by atoms with van der Waals surface area (Å²) < 4.78 is 0. The summed E-state index contributed by atoms with van der Waals surface area (Å²) in [5.41, 5.74) is 0. The number of Topliss-reactive ketones (excluding diaryl/α,β-unsaturated/α-hetero) is 1. The maximum absolute atomic E-state index is 11.4. The number of carbonyl (C=O) groups excluding carboxylic acids is 1. The molecule has 11 heavy (non-hydrogen) atoms. The Kier molecular flexibility index (Phi) is 2.66. The molecule has 1 saturated heterocycles. The number of nitrogens with zero attached hydrogens (tertiary/aromatic N) is 1. The van der Waals surface area contributed by atoms with Crippen LogP contribution in [0.2, 0.25) is 0 Å². The van der Waals surface area contributed by atoms with Crippen molar-refractivity contribution >= 4 is 5.78 Å². The Bertz CT molecular complexity index is 156. The van der Waals surface area contributed by atoms with Crippen LogP contribution < -0.4 is 0 Å². The van der Waals surface area contributed by atoms with Crippen molar-refractivity contribution in [2.45, 2.75) is 32.7 Å². The van der Waals surface area contributed by atoms with Gasteiger partial charge in [-0.3, -0.25) is 4.79 Å². The molecule has 0 N–H and O–H groups in total. The van der Waals surface area contributed by atoms with Gasteiger partial charge < -0.3 is 4.90 Å². The van der Waals surface area contributed by atoms with E-state index in [1.807, 2.05) is 0 Å². The van der Waals surface area contributed by atoms with E-state index in [0.29, 0.717) is 17.7 Å². The molecule has 1 heterocycles. The fourth-order valence-electron chi connectivity index (χ4n) is 1.60.